The lowest BCUT2D eigenvalue weighted by Gasteiger charge is -2.29. The minimum Gasteiger partial charge on any atom is -0.383 e. The van der Waals surface area contributed by atoms with Gasteiger partial charge in [0.2, 0.25) is 5.95 Å². The Morgan fingerprint density at radius 1 is 1.39 bits per heavy atom. The second-order valence-corrected chi connectivity index (χ2v) is 4.31. The smallest absolute Gasteiger partial charge is 0.224 e. The predicted molar refractivity (Wildman–Crippen MR) is 75.3 cm³/mol. The minimum atomic E-state index is 0.295. The van der Waals surface area contributed by atoms with Gasteiger partial charge in [0.15, 0.2) is 0 Å². The van der Waals surface area contributed by atoms with Crippen molar-refractivity contribution >= 4 is 11.8 Å². The van der Waals surface area contributed by atoms with Crippen LogP contribution >= 0.6 is 0 Å². The number of anilines is 2. The number of likely N-dealkylation sites (N-methyl/N-ethyl adjacent to an activating group) is 1. The molecule has 0 saturated carbocycles. The molecule has 1 heterocycles. The summed E-state index contributed by atoms with van der Waals surface area (Å²) in [4.78, 5) is 11.1. The van der Waals surface area contributed by atoms with E-state index in [2.05, 4.69) is 34.0 Å². The number of rotatable bonds is 7. The second-order valence-electron chi connectivity index (χ2n) is 4.31. The van der Waals surface area contributed by atoms with E-state index in [1.165, 1.54) is 0 Å². The summed E-state index contributed by atoms with van der Waals surface area (Å²) in [5, 5.41) is 3.16. The summed E-state index contributed by atoms with van der Waals surface area (Å²) in [7, 11) is 1.72. The van der Waals surface area contributed by atoms with Crippen LogP contribution in [0.3, 0.4) is 0 Å². The summed E-state index contributed by atoms with van der Waals surface area (Å²) in [6.45, 7) is 10.7. The van der Waals surface area contributed by atoms with Crippen LogP contribution in [0.5, 0.6) is 0 Å². The maximum atomic E-state index is 5.22. The van der Waals surface area contributed by atoms with Gasteiger partial charge in [-0.1, -0.05) is 0 Å². The Labute approximate surface area is 110 Å². The highest BCUT2D eigenvalue weighted by Crippen LogP contribution is 2.17. The van der Waals surface area contributed by atoms with Crippen molar-refractivity contribution in [1.82, 2.24) is 9.97 Å². The third-order valence-electron chi connectivity index (χ3n) is 2.75. The van der Waals surface area contributed by atoms with E-state index in [0.29, 0.717) is 18.6 Å². The lowest BCUT2D eigenvalue weighted by Crippen LogP contribution is -2.37. The van der Waals surface area contributed by atoms with E-state index in [-0.39, 0.29) is 0 Å². The van der Waals surface area contributed by atoms with Gasteiger partial charge in [-0.2, -0.15) is 4.98 Å². The number of nitrogens with zero attached hydrogens (tertiary/aromatic N) is 3. The molecule has 5 heteroatoms. The van der Waals surface area contributed by atoms with Crippen LogP contribution in [0, 0.1) is 6.92 Å². The average molecular weight is 252 g/mol. The second kappa shape index (κ2) is 7.16. The maximum Gasteiger partial charge on any atom is 0.224 e. The van der Waals surface area contributed by atoms with Gasteiger partial charge >= 0.3 is 0 Å². The first-order valence-electron chi connectivity index (χ1n) is 6.47. The molecule has 1 N–H and O–H groups in total. The van der Waals surface area contributed by atoms with Gasteiger partial charge in [0.1, 0.15) is 5.82 Å². The molecule has 0 saturated heterocycles. The molecule has 5 nitrogen and oxygen atoms in total. The maximum absolute atomic E-state index is 5.22. The molecule has 1 atom stereocenters. The molecular weight excluding hydrogens is 228 g/mol. The average Bonchev–Trinajstić information content (AvgIpc) is 2.30. The molecule has 0 radical (unpaired) electrons. The number of methoxy groups -OCH3 is 1. The van der Waals surface area contributed by atoms with Gasteiger partial charge in [-0.15, -0.1) is 0 Å². The Morgan fingerprint density at radius 2 is 2.11 bits per heavy atom. The fourth-order valence-corrected chi connectivity index (χ4v) is 1.97. The summed E-state index contributed by atoms with van der Waals surface area (Å²) in [6.07, 6.45) is 0. The zero-order valence-electron chi connectivity index (χ0n) is 12.0. The van der Waals surface area contributed by atoms with Crippen LogP contribution < -0.4 is 10.2 Å². The molecule has 102 valence electrons. The van der Waals surface area contributed by atoms with Gasteiger partial charge in [-0.3, -0.25) is 0 Å². The molecule has 1 unspecified atom stereocenters. The van der Waals surface area contributed by atoms with Crippen LogP contribution in [-0.4, -0.2) is 42.8 Å². The third-order valence-corrected chi connectivity index (χ3v) is 2.75. The molecule has 0 fully saturated rings. The zero-order valence-corrected chi connectivity index (χ0v) is 12.0. The SMILES string of the molecule is CCNc1nc(C)cc(N(CC)C(C)COC)n1. The Kier molecular flexibility index (Phi) is 5.85. The van der Waals surface area contributed by atoms with E-state index in [0.717, 1.165) is 24.6 Å². The van der Waals surface area contributed by atoms with Gasteiger partial charge in [-0.25, -0.2) is 4.98 Å². The van der Waals surface area contributed by atoms with Crippen molar-refractivity contribution in [3.05, 3.63) is 11.8 Å². The van der Waals surface area contributed by atoms with E-state index in [1.807, 2.05) is 19.9 Å². The highest BCUT2D eigenvalue weighted by atomic mass is 16.5. The molecule has 1 rings (SSSR count). The third kappa shape index (κ3) is 3.84. The molecule has 0 spiro atoms. The number of hydrogen-bond donors (Lipinski definition) is 1. The van der Waals surface area contributed by atoms with E-state index >= 15 is 0 Å². The van der Waals surface area contributed by atoms with Crippen LogP contribution in [0.25, 0.3) is 0 Å². The first-order valence-corrected chi connectivity index (χ1v) is 6.47. The summed E-state index contributed by atoms with van der Waals surface area (Å²) in [6, 6.07) is 2.31. The van der Waals surface area contributed by atoms with Crippen molar-refractivity contribution in [3.63, 3.8) is 0 Å². The first kappa shape index (κ1) is 14.7. The Bertz CT molecular complexity index is 370. The molecule has 0 aromatic carbocycles. The molecule has 1 aromatic heterocycles. The lowest BCUT2D eigenvalue weighted by molar-refractivity contribution is 0.181. The van der Waals surface area contributed by atoms with Gasteiger partial charge in [0.25, 0.3) is 0 Å². The fourth-order valence-electron chi connectivity index (χ4n) is 1.97. The Morgan fingerprint density at radius 3 is 2.67 bits per heavy atom. The molecule has 0 aliphatic rings. The topological polar surface area (TPSA) is 50.3 Å². The number of ether oxygens (including phenoxy) is 1. The van der Waals surface area contributed by atoms with Crippen LogP contribution in [0.4, 0.5) is 11.8 Å². The molecule has 0 amide bonds. The van der Waals surface area contributed by atoms with Crippen molar-refractivity contribution in [1.29, 1.82) is 0 Å². The fraction of sp³-hybridized carbons (Fsp3) is 0.692. The van der Waals surface area contributed by atoms with E-state index in [4.69, 9.17) is 4.74 Å². The highest BCUT2D eigenvalue weighted by Gasteiger charge is 2.15. The largest absolute Gasteiger partial charge is 0.383 e. The summed E-state index contributed by atoms with van der Waals surface area (Å²) >= 11 is 0. The number of aryl methyl sites for hydroxylation is 1. The van der Waals surface area contributed by atoms with E-state index in [1.54, 1.807) is 7.11 Å². The number of aromatic nitrogens is 2. The van der Waals surface area contributed by atoms with Crippen molar-refractivity contribution < 1.29 is 4.74 Å². The van der Waals surface area contributed by atoms with Crippen molar-refractivity contribution in [2.45, 2.75) is 33.7 Å². The van der Waals surface area contributed by atoms with Gasteiger partial charge in [0, 0.05) is 32.0 Å². The van der Waals surface area contributed by atoms with Crippen molar-refractivity contribution in [3.8, 4) is 0 Å². The highest BCUT2D eigenvalue weighted by molar-refractivity contribution is 5.45. The first-order chi connectivity index (χ1) is 8.62. The standard InChI is InChI=1S/C13H24N4O/c1-6-14-13-15-10(3)8-12(16-13)17(7-2)11(4)9-18-5/h8,11H,6-7,9H2,1-5H3,(H,14,15,16). The van der Waals surface area contributed by atoms with Gasteiger partial charge in [0.05, 0.1) is 12.6 Å². The molecule has 18 heavy (non-hydrogen) atoms. The molecule has 0 aliphatic carbocycles. The normalized spacial score (nSPS) is 12.3. The Hall–Kier alpha value is -1.36. The monoisotopic (exact) mass is 252 g/mol. The molecule has 1 aromatic rings. The zero-order chi connectivity index (χ0) is 13.5. The van der Waals surface area contributed by atoms with E-state index in [9.17, 15) is 0 Å². The minimum absolute atomic E-state index is 0.295. The summed E-state index contributed by atoms with van der Waals surface area (Å²) in [5.41, 5.74) is 0.971. The summed E-state index contributed by atoms with van der Waals surface area (Å²) in [5.74, 6) is 1.64. The molecule has 0 bridgehead atoms. The summed E-state index contributed by atoms with van der Waals surface area (Å²) < 4.78 is 5.22. The van der Waals surface area contributed by atoms with Crippen LogP contribution in [0.15, 0.2) is 6.07 Å². The van der Waals surface area contributed by atoms with E-state index < -0.39 is 0 Å². The Balaban J connectivity index is 2.97. The predicted octanol–water partition coefficient (Wildman–Crippen LogP) is 2.08. The van der Waals surface area contributed by atoms with Crippen molar-refractivity contribution in [2.75, 3.05) is 37.0 Å². The van der Waals surface area contributed by atoms with Gasteiger partial charge < -0.3 is 15.0 Å². The van der Waals surface area contributed by atoms with Crippen LogP contribution in [0.1, 0.15) is 26.5 Å². The van der Waals surface area contributed by atoms with Crippen LogP contribution in [-0.2, 0) is 4.74 Å². The number of hydrogen-bond acceptors (Lipinski definition) is 5. The number of nitrogens with one attached hydrogen (secondary N) is 1. The lowest BCUT2D eigenvalue weighted by atomic mass is 10.3. The van der Waals surface area contributed by atoms with Gasteiger partial charge in [-0.05, 0) is 27.7 Å². The molecular formula is C13H24N4O. The quantitative estimate of drug-likeness (QED) is 0.805. The van der Waals surface area contributed by atoms with Crippen LogP contribution in [0.2, 0.25) is 0 Å². The van der Waals surface area contributed by atoms with Crippen molar-refractivity contribution in [2.24, 2.45) is 0 Å². The molecule has 0 aliphatic heterocycles.